The monoisotopic (exact) mass is 919 g/mol. The quantitative estimate of drug-likeness (QED) is 0.242. The van der Waals surface area contributed by atoms with E-state index < -0.39 is 29.8 Å². The fourth-order valence-corrected chi connectivity index (χ4v) is 4.06. The molecule has 3 fully saturated rings. The van der Waals surface area contributed by atoms with Gasteiger partial charge in [-0.3, -0.25) is 19.2 Å². The van der Waals surface area contributed by atoms with Crippen molar-refractivity contribution in [3.05, 3.63) is 51.8 Å². The molecule has 4 rings (SSSR count). The van der Waals surface area contributed by atoms with E-state index in [9.17, 15) is 19.2 Å². The Labute approximate surface area is 319 Å². The van der Waals surface area contributed by atoms with Crippen LogP contribution in [0.4, 0.5) is 0 Å². The zero-order valence-corrected chi connectivity index (χ0v) is 30.3. The molecule has 4 heterocycles. The van der Waals surface area contributed by atoms with Crippen molar-refractivity contribution in [2.45, 2.75) is 96.3 Å². The van der Waals surface area contributed by atoms with E-state index in [1.807, 2.05) is 0 Å². The van der Waals surface area contributed by atoms with Crippen molar-refractivity contribution in [1.82, 2.24) is 21.3 Å². The summed E-state index contributed by atoms with van der Waals surface area (Å²) in [6, 6.07) is 3.50. The van der Waals surface area contributed by atoms with Crippen molar-refractivity contribution in [2.75, 3.05) is 19.6 Å². The smallest absolute Gasteiger partial charge is 0.693 e. The van der Waals surface area contributed by atoms with Gasteiger partial charge in [0.05, 0.1) is 12.1 Å². The first-order valence-corrected chi connectivity index (χ1v) is 14.2. The Morgan fingerprint density at radius 3 is 1.20 bits per heavy atom. The standard InChI is InChI=1S/C12H20N4O2.C12H16N4O2.2C2H3N.3Ag.H2N/c2*17-11(15-9-5-1-3-7-13-9)12(18)16-10-6-2-4-8-14-10;2*1-2-3;;;;/h9-10H,1-8H2,(H,15,17)(H,16,18);1,3,5,7,9-10H,2,4,6,8H2,(H,15,17)(H,16,18);2*1H3;;;;1H2/q2*-2;;;3*+1;-1. The second-order valence-electron chi connectivity index (χ2n) is 9.41. The van der Waals surface area contributed by atoms with E-state index in [1.54, 1.807) is 36.6 Å². The van der Waals surface area contributed by atoms with E-state index >= 15 is 0 Å². The Hall–Kier alpha value is -1.80. The molecule has 0 aromatic rings. The van der Waals surface area contributed by atoms with Gasteiger partial charge >= 0.3 is 90.8 Å². The van der Waals surface area contributed by atoms with Gasteiger partial charge in [-0.2, -0.15) is 16.7 Å². The molecule has 15 nitrogen and oxygen atoms in total. The molecule has 0 aromatic heterocycles. The number of piperidine rings is 3. The minimum Gasteiger partial charge on any atom is -0.693 e. The van der Waals surface area contributed by atoms with Gasteiger partial charge < -0.3 is 48.7 Å². The summed E-state index contributed by atoms with van der Waals surface area (Å²) in [5.74, 6) is -2.51. The van der Waals surface area contributed by atoms with Crippen LogP contribution in [0.3, 0.4) is 0 Å². The number of nitrogens with zero attached hydrogens (tertiary/aromatic N) is 6. The fraction of sp³-hybridized carbons (Fsp3) is 0.643. The number of nitrogens with one attached hydrogen (secondary N) is 4. The molecule has 4 aliphatic heterocycles. The number of nitrogens with two attached hydrogens (primary N) is 1. The van der Waals surface area contributed by atoms with Crippen LogP contribution in [0.5, 0.6) is 0 Å². The van der Waals surface area contributed by atoms with Crippen LogP contribution in [-0.4, -0.2) is 67.9 Å². The summed E-state index contributed by atoms with van der Waals surface area (Å²) in [5, 5.41) is 41.8. The molecule has 4 aliphatic rings. The molecule has 0 aliphatic carbocycles. The Bertz CT molecular complexity index is 946. The number of rotatable bonds is 4. The summed E-state index contributed by atoms with van der Waals surface area (Å²) >= 11 is 0. The minimum absolute atomic E-state index is 0. The third-order valence-electron chi connectivity index (χ3n) is 6.03. The molecular weight excluding hydrogens is 878 g/mol. The van der Waals surface area contributed by atoms with Crippen LogP contribution in [0.1, 0.15) is 71.6 Å². The Kier molecular flexibility index (Phi) is 36.7. The van der Waals surface area contributed by atoms with Crippen LogP contribution in [-0.2, 0) is 86.3 Å². The molecule has 0 spiro atoms. The number of amides is 4. The van der Waals surface area contributed by atoms with E-state index in [1.165, 1.54) is 13.8 Å². The molecule has 270 valence electrons. The molecule has 0 radical (unpaired) electrons. The average Bonchev–Trinajstić information content (AvgIpc) is 3.00. The van der Waals surface area contributed by atoms with Crippen LogP contribution in [0, 0.1) is 22.7 Å². The number of carbonyl (C=O) groups is 4. The molecule has 18 heteroatoms. The maximum Gasteiger partial charge on any atom is 1.00 e. The van der Waals surface area contributed by atoms with Crippen molar-refractivity contribution in [3.8, 4) is 12.1 Å². The van der Waals surface area contributed by atoms with Crippen molar-refractivity contribution in [3.63, 3.8) is 0 Å². The maximum atomic E-state index is 11.7. The summed E-state index contributed by atoms with van der Waals surface area (Å²) in [5.41, 5.74) is 0. The number of hydrogen-bond donors (Lipinski definition) is 4. The van der Waals surface area contributed by atoms with Gasteiger partial charge in [0.1, 0.15) is 0 Å². The van der Waals surface area contributed by atoms with Crippen LogP contribution in [0.15, 0.2) is 24.4 Å². The zero-order valence-electron chi connectivity index (χ0n) is 25.9. The van der Waals surface area contributed by atoms with E-state index in [0.717, 1.165) is 77.4 Å². The fourth-order valence-electron chi connectivity index (χ4n) is 4.06. The first-order chi connectivity index (χ1) is 20.3. The topological polar surface area (TPSA) is 254 Å². The van der Waals surface area contributed by atoms with E-state index in [0.29, 0.717) is 0 Å². The first kappa shape index (κ1) is 51.0. The predicted molar refractivity (Wildman–Crippen MR) is 163 cm³/mol. The van der Waals surface area contributed by atoms with Crippen molar-refractivity contribution >= 4 is 23.6 Å². The van der Waals surface area contributed by atoms with Gasteiger partial charge in [-0.15, -0.1) is 19.6 Å². The Morgan fingerprint density at radius 2 is 0.935 bits per heavy atom. The van der Waals surface area contributed by atoms with E-state index in [-0.39, 0.29) is 91.8 Å². The van der Waals surface area contributed by atoms with Crippen LogP contribution >= 0.6 is 0 Å². The van der Waals surface area contributed by atoms with Crippen LogP contribution < -0.4 is 21.3 Å². The SMILES string of the molecule is CC#N.CC#N.O=C(NC1C=CC=C[N-]1)C(=O)NC1CCCC[N-]1.O=C(NC1CCCC[N-]1)C(=O)NC1CCCC[N-]1.[Ag+].[Ag+].[Ag+].[NH2-]. The molecule has 4 amide bonds. The Balaban J connectivity index is -0.000000305. The van der Waals surface area contributed by atoms with E-state index in [2.05, 4.69) is 42.5 Å². The molecule has 0 saturated carbocycles. The van der Waals surface area contributed by atoms with E-state index in [4.69, 9.17) is 10.5 Å². The van der Waals surface area contributed by atoms with Gasteiger partial charge in [0.25, 0.3) is 0 Å². The normalized spacial score (nSPS) is 21.7. The van der Waals surface area contributed by atoms with Gasteiger partial charge in [-0.05, 0) is 6.17 Å². The molecular formula is C28H44Ag3N11O4-2. The van der Waals surface area contributed by atoms with Gasteiger partial charge in [0.2, 0.25) is 0 Å². The van der Waals surface area contributed by atoms with Crippen LogP contribution in [0.2, 0.25) is 0 Å². The second-order valence-corrected chi connectivity index (χ2v) is 9.41. The molecule has 3 saturated heterocycles. The molecule has 0 aromatic carbocycles. The number of hydrogen-bond acceptors (Lipinski definition) is 6. The van der Waals surface area contributed by atoms with Gasteiger partial charge in [-0.1, -0.05) is 94.5 Å². The number of carbonyl (C=O) groups excluding carboxylic acids is 4. The molecule has 4 atom stereocenters. The summed E-state index contributed by atoms with van der Waals surface area (Å²) in [6.45, 7) is 5.15. The Morgan fingerprint density at radius 1 is 0.609 bits per heavy atom. The van der Waals surface area contributed by atoms with Gasteiger partial charge in [0, 0.05) is 13.8 Å². The number of nitriles is 2. The molecule has 46 heavy (non-hydrogen) atoms. The third kappa shape index (κ3) is 24.4. The van der Waals surface area contributed by atoms with Crippen LogP contribution in [0.25, 0.3) is 27.4 Å². The molecule has 0 bridgehead atoms. The van der Waals surface area contributed by atoms with Gasteiger partial charge in [-0.25, -0.2) is 0 Å². The second kappa shape index (κ2) is 33.1. The van der Waals surface area contributed by atoms with Crippen molar-refractivity contribution < 1.29 is 86.3 Å². The zero-order chi connectivity index (χ0) is 31.0. The largest absolute Gasteiger partial charge is 1.00 e. The maximum absolute atomic E-state index is 11.7. The predicted octanol–water partition coefficient (Wildman–Crippen LogP) is 3.64. The summed E-state index contributed by atoms with van der Waals surface area (Å²) in [7, 11) is 0. The number of allylic oxidation sites excluding steroid dienone is 2. The average molecular weight is 922 g/mol. The van der Waals surface area contributed by atoms with Crippen molar-refractivity contribution in [2.24, 2.45) is 0 Å². The van der Waals surface area contributed by atoms with Crippen molar-refractivity contribution in [1.29, 1.82) is 10.5 Å². The summed E-state index contributed by atoms with van der Waals surface area (Å²) in [6.07, 6.45) is 14.5. The molecule has 6 N–H and O–H groups in total. The van der Waals surface area contributed by atoms with Gasteiger partial charge in [0.15, 0.2) is 0 Å². The molecule has 4 unspecified atom stereocenters. The summed E-state index contributed by atoms with van der Waals surface area (Å²) < 4.78 is 0. The first-order valence-electron chi connectivity index (χ1n) is 14.2. The summed E-state index contributed by atoms with van der Waals surface area (Å²) in [4.78, 5) is 46.5. The third-order valence-corrected chi connectivity index (χ3v) is 6.03. The minimum atomic E-state index is -0.676.